The molecule has 7 heteroatoms. The number of rotatable bonds is 3. The molecule has 0 heterocycles. The van der Waals surface area contributed by atoms with Crippen LogP contribution in [-0.2, 0) is 14.9 Å². The second kappa shape index (κ2) is 5.14. The molecule has 0 bridgehead atoms. The summed E-state index contributed by atoms with van der Waals surface area (Å²) in [6.45, 7) is 1.88. The fourth-order valence-corrected chi connectivity index (χ4v) is 3.67. The van der Waals surface area contributed by atoms with Crippen molar-refractivity contribution in [2.24, 2.45) is 0 Å². The average Bonchev–Trinajstić information content (AvgIpc) is 2.21. The van der Waals surface area contributed by atoms with Crippen LogP contribution in [0.5, 0.6) is 0 Å². The maximum Gasteiger partial charge on any atom is 0.265 e. The van der Waals surface area contributed by atoms with Gasteiger partial charge in [-0.3, -0.25) is 4.84 Å². The molecule has 90 valence electrons. The highest BCUT2D eigenvalue weighted by atomic mass is 79.9. The minimum absolute atomic E-state index is 0.161. The second-order valence-electron chi connectivity index (χ2n) is 3.13. The highest BCUT2D eigenvalue weighted by Gasteiger charge is 2.24. The number of halogens is 2. The number of benzene rings is 1. The molecular weight excluding hydrogens is 362 g/mol. The predicted octanol–water partition coefficient (Wildman–Crippen LogP) is 2.70. The van der Waals surface area contributed by atoms with E-state index in [9.17, 15) is 8.42 Å². The van der Waals surface area contributed by atoms with E-state index in [0.717, 1.165) is 14.5 Å². The van der Waals surface area contributed by atoms with Crippen LogP contribution in [0, 0.1) is 6.92 Å². The normalized spacial score (nSPS) is 12.1. The fourth-order valence-electron chi connectivity index (χ4n) is 1.06. The summed E-state index contributed by atoms with van der Waals surface area (Å²) >= 11 is 6.53. The van der Waals surface area contributed by atoms with Crippen LogP contribution in [0.3, 0.4) is 0 Å². The van der Waals surface area contributed by atoms with Crippen LogP contribution >= 0.6 is 31.9 Å². The third kappa shape index (κ3) is 2.65. The van der Waals surface area contributed by atoms with E-state index in [1.165, 1.54) is 14.2 Å². The van der Waals surface area contributed by atoms with Crippen molar-refractivity contribution in [3.8, 4) is 0 Å². The molecule has 0 aliphatic heterocycles. The molecule has 16 heavy (non-hydrogen) atoms. The number of hydrogen-bond donors (Lipinski definition) is 0. The lowest BCUT2D eigenvalue weighted by atomic mass is 10.2. The minimum atomic E-state index is -3.62. The van der Waals surface area contributed by atoms with Gasteiger partial charge in [0.15, 0.2) is 0 Å². The van der Waals surface area contributed by atoms with Gasteiger partial charge in [0.1, 0.15) is 0 Å². The molecule has 0 N–H and O–H groups in total. The molecule has 0 amide bonds. The zero-order valence-electron chi connectivity index (χ0n) is 8.99. The molecule has 0 aromatic heterocycles. The van der Waals surface area contributed by atoms with Gasteiger partial charge >= 0.3 is 0 Å². The molecular formula is C9H11Br2NO3S. The number of aryl methyl sites for hydroxylation is 1. The van der Waals surface area contributed by atoms with Crippen molar-refractivity contribution in [2.45, 2.75) is 11.8 Å². The summed E-state index contributed by atoms with van der Waals surface area (Å²) in [6, 6.07) is 3.28. The Morgan fingerprint density at radius 2 is 1.81 bits per heavy atom. The Morgan fingerprint density at radius 1 is 1.25 bits per heavy atom. The molecule has 0 saturated heterocycles. The van der Waals surface area contributed by atoms with E-state index < -0.39 is 10.0 Å². The van der Waals surface area contributed by atoms with Gasteiger partial charge in [-0.2, -0.15) is 0 Å². The summed E-state index contributed by atoms with van der Waals surface area (Å²) in [5, 5.41) is 0. The molecule has 0 spiro atoms. The first-order valence-electron chi connectivity index (χ1n) is 4.29. The second-order valence-corrected chi connectivity index (χ2v) is 6.74. The van der Waals surface area contributed by atoms with Gasteiger partial charge in [0.2, 0.25) is 0 Å². The molecule has 1 aromatic carbocycles. The Bertz CT molecular complexity index is 502. The summed E-state index contributed by atoms with van der Waals surface area (Å²) in [5.74, 6) is 0. The van der Waals surface area contributed by atoms with Crippen molar-refractivity contribution >= 4 is 41.9 Å². The van der Waals surface area contributed by atoms with Crippen LogP contribution in [0.1, 0.15) is 5.56 Å². The van der Waals surface area contributed by atoms with E-state index in [4.69, 9.17) is 4.84 Å². The molecule has 4 nitrogen and oxygen atoms in total. The van der Waals surface area contributed by atoms with Crippen molar-refractivity contribution in [2.75, 3.05) is 14.2 Å². The predicted molar refractivity (Wildman–Crippen MR) is 68.5 cm³/mol. The summed E-state index contributed by atoms with van der Waals surface area (Å²) < 4.78 is 26.1. The SMILES string of the molecule is CON(C)S(=O)(=O)c1cc(Br)c(C)cc1Br. The maximum atomic E-state index is 12.0. The van der Waals surface area contributed by atoms with Crippen molar-refractivity contribution < 1.29 is 13.3 Å². The van der Waals surface area contributed by atoms with Gasteiger partial charge in [-0.25, -0.2) is 8.42 Å². The molecule has 1 rings (SSSR count). The maximum absolute atomic E-state index is 12.0. The average molecular weight is 373 g/mol. The summed E-state index contributed by atoms with van der Waals surface area (Å²) in [7, 11) is -0.982. The van der Waals surface area contributed by atoms with Crippen LogP contribution in [-0.4, -0.2) is 27.0 Å². The van der Waals surface area contributed by atoms with Gasteiger partial charge in [-0.05, 0) is 40.5 Å². The van der Waals surface area contributed by atoms with Crippen LogP contribution < -0.4 is 0 Å². The number of hydrogen-bond acceptors (Lipinski definition) is 3. The lowest BCUT2D eigenvalue weighted by molar-refractivity contribution is -0.0259. The van der Waals surface area contributed by atoms with E-state index >= 15 is 0 Å². The molecule has 0 aliphatic carbocycles. The lowest BCUT2D eigenvalue weighted by Crippen LogP contribution is -2.26. The summed E-state index contributed by atoms with van der Waals surface area (Å²) in [5.41, 5.74) is 0.950. The largest absolute Gasteiger partial charge is 0.288 e. The third-order valence-corrected chi connectivity index (χ3v) is 5.58. The monoisotopic (exact) mass is 371 g/mol. The first-order chi connectivity index (χ1) is 7.30. The van der Waals surface area contributed by atoms with Gasteiger partial charge < -0.3 is 0 Å². The quantitative estimate of drug-likeness (QED) is 0.766. The van der Waals surface area contributed by atoms with E-state index in [2.05, 4.69) is 31.9 Å². The standard InChI is InChI=1S/C9H11Br2NO3S/c1-6-4-8(11)9(5-7(6)10)16(13,14)12(2)15-3/h4-5H,1-3H3. The summed E-state index contributed by atoms with van der Waals surface area (Å²) in [4.78, 5) is 4.87. The Kier molecular flexibility index (Phi) is 4.53. The molecule has 0 fully saturated rings. The first kappa shape index (κ1) is 14.1. The lowest BCUT2D eigenvalue weighted by Gasteiger charge is -2.16. The van der Waals surface area contributed by atoms with E-state index in [1.54, 1.807) is 12.1 Å². The molecule has 0 unspecified atom stereocenters. The molecule has 1 aromatic rings. The van der Waals surface area contributed by atoms with Crippen LogP contribution in [0.4, 0.5) is 0 Å². The first-order valence-corrected chi connectivity index (χ1v) is 7.32. The van der Waals surface area contributed by atoms with Gasteiger partial charge in [0.25, 0.3) is 10.0 Å². The highest BCUT2D eigenvalue weighted by Crippen LogP contribution is 2.30. The number of nitrogens with zero attached hydrogens (tertiary/aromatic N) is 1. The van der Waals surface area contributed by atoms with Crippen molar-refractivity contribution in [1.82, 2.24) is 4.47 Å². The van der Waals surface area contributed by atoms with Crippen molar-refractivity contribution in [3.63, 3.8) is 0 Å². The fraction of sp³-hybridized carbons (Fsp3) is 0.333. The highest BCUT2D eigenvalue weighted by molar-refractivity contribution is 9.11. The van der Waals surface area contributed by atoms with E-state index in [-0.39, 0.29) is 4.90 Å². The molecule has 0 saturated carbocycles. The van der Waals surface area contributed by atoms with Crippen LogP contribution in [0.15, 0.2) is 26.0 Å². The topological polar surface area (TPSA) is 46.6 Å². The van der Waals surface area contributed by atoms with Crippen LogP contribution in [0.25, 0.3) is 0 Å². The Hall–Kier alpha value is 0.0500. The zero-order valence-corrected chi connectivity index (χ0v) is 13.0. The van der Waals surface area contributed by atoms with Gasteiger partial charge in [0.05, 0.1) is 12.0 Å². The Balaban J connectivity index is 3.40. The van der Waals surface area contributed by atoms with Crippen molar-refractivity contribution in [3.05, 3.63) is 26.6 Å². The third-order valence-electron chi connectivity index (χ3n) is 2.09. The van der Waals surface area contributed by atoms with Gasteiger partial charge in [-0.1, -0.05) is 20.4 Å². The number of hydroxylamine groups is 1. The van der Waals surface area contributed by atoms with Crippen LogP contribution in [0.2, 0.25) is 0 Å². The van der Waals surface area contributed by atoms with E-state index in [1.807, 2.05) is 6.92 Å². The molecule has 0 atom stereocenters. The molecule has 0 aliphatic rings. The van der Waals surface area contributed by atoms with E-state index in [0.29, 0.717) is 4.47 Å². The zero-order chi connectivity index (χ0) is 12.5. The Labute approximate surface area is 112 Å². The Morgan fingerprint density at radius 3 is 2.31 bits per heavy atom. The summed E-state index contributed by atoms with van der Waals surface area (Å²) in [6.07, 6.45) is 0. The van der Waals surface area contributed by atoms with Crippen molar-refractivity contribution in [1.29, 1.82) is 0 Å². The van der Waals surface area contributed by atoms with Gasteiger partial charge in [0, 0.05) is 16.0 Å². The minimum Gasteiger partial charge on any atom is -0.288 e. The smallest absolute Gasteiger partial charge is 0.265 e. The number of sulfonamides is 1. The molecule has 0 radical (unpaired) electrons. The van der Waals surface area contributed by atoms with Gasteiger partial charge in [-0.15, -0.1) is 0 Å².